The summed E-state index contributed by atoms with van der Waals surface area (Å²) in [6, 6.07) is 0. The van der Waals surface area contributed by atoms with Gasteiger partial charge in [0.25, 0.3) is 0 Å². The third-order valence-electron chi connectivity index (χ3n) is 0.885. The lowest BCUT2D eigenvalue weighted by molar-refractivity contribution is -0.134. The molecule has 15 heavy (non-hydrogen) atoms. The smallest absolute Gasteiger partial charge is 0.328 e. The van der Waals surface area contributed by atoms with Crippen LogP contribution in [-0.2, 0) is 9.59 Å². The van der Waals surface area contributed by atoms with Crippen molar-refractivity contribution in [2.24, 2.45) is 0 Å². The van der Waals surface area contributed by atoms with Crippen LogP contribution in [0.1, 0.15) is 0 Å². The predicted molar refractivity (Wildman–Crippen MR) is 48.7 cm³/mol. The van der Waals surface area contributed by atoms with Crippen LogP contribution in [0.4, 0.5) is 5.69 Å². The first kappa shape index (κ1) is 12.5. The molecule has 0 unspecified atom stereocenters. The normalized spacial score (nSPS) is 9.07. The average molecular weight is 212 g/mol. The Kier molecular flexibility index (Phi) is 5.79. The van der Waals surface area contributed by atoms with Gasteiger partial charge in [0.15, 0.2) is 0 Å². The first-order valence-corrected chi connectivity index (χ1v) is 3.55. The molecule has 0 saturated carbocycles. The van der Waals surface area contributed by atoms with E-state index in [2.05, 4.69) is 15.4 Å². The van der Waals surface area contributed by atoms with Crippen molar-refractivity contribution < 1.29 is 19.8 Å². The minimum Gasteiger partial charge on any atom is -0.478 e. The summed E-state index contributed by atoms with van der Waals surface area (Å²) < 4.78 is 0. The summed E-state index contributed by atoms with van der Waals surface area (Å²) in [5.74, 6) is -2.51. The molecule has 1 aromatic rings. The van der Waals surface area contributed by atoms with E-state index in [0.29, 0.717) is 17.8 Å². The lowest BCUT2D eigenvalue weighted by atomic mass is 10.5. The standard InChI is InChI=1S/C4H4O4.C3H4N4/c5-3(6)1-2-4(7)8;4-3-1-5-7-6-2-3/h1-2H,(H,5,6)(H,7,8);1-2H,(H2,4,7)/b2-1-;. The summed E-state index contributed by atoms with van der Waals surface area (Å²) in [4.78, 5) is 19.1. The molecule has 0 atom stereocenters. The number of carboxylic acid groups (broad SMARTS) is 2. The summed E-state index contributed by atoms with van der Waals surface area (Å²) >= 11 is 0. The first-order chi connectivity index (χ1) is 7.02. The fourth-order valence-electron chi connectivity index (χ4n) is 0.391. The fourth-order valence-corrected chi connectivity index (χ4v) is 0.391. The maximum absolute atomic E-state index is 9.55. The van der Waals surface area contributed by atoms with Gasteiger partial charge in [-0.2, -0.15) is 0 Å². The second-order valence-electron chi connectivity index (χ2n) is 2.09. The zero-order chi connectivity index (χ0) is 11.7. The van der Waals surface area contributed by atoms with Crippen molar-refractivity contribution in [2.45, 2.75) is 0 Å². The molecule has 0 amide bonds. The molecule has 1 rings (SSSR count). The van der Waals surface area contributed by atoms with Crippen LogP contribution in [0.25, 0.3) is 0 Å². The number of carbonyl (C=O) groups is 2. The Labute approximate surface area is 84.1 Å². The molecule has 0 aromatic carbocycles. The van der Waals surface area contributed by atoms with Gasteiger partial charge in [0.2, 0.25) is 0 Å². The van der Waals surface area contributed by atoms with Gasteiger partial charge in [0.1, 0.15) is 0 Å². The number of carboxylic acids is 2. The number of nitrogens with two attached hydrogens (primary N) is 1. The van der Waals surface area contributed by atoms with Gasteiger partial charge in [-0.1, -0.05) is 0 Å². The molecule has 0 aliphatic heterocycles. The van der Waals surface area contributed by atoms with Gasteiger partial charge in [-0.3, -0.25) is 0 Å². The Bertz CT molecular complexity index is 335. The highest BCUT2D eigenvalue weighted by Gasteiger charge is 1.88. The van der Waals surface area contributed by atoms with Gasteiger partial charge in [-0.25, -0.2) is 9.59 Å². The molecule has 0 radical (unpaired) electrons. The topological polar surface area (TPSA) is 139 Å². The van der Waals surface area contributed by atoms with E-state index < -0.39 is 11.9 Å². The predicted octanol–water partition coefficient (Wildman–Crippen LogP) is -0.834. The quantitative estimate of drug-likeness (QED) is 0.539. The second-order valence-corrected chi connectivity index (χ2v) is 2.09. The van der Waals surface area contributed by atoms with Crippen molar-refractivity contribution in [3.8, 4) is 0 Å². The maximum atomic E-state index is 9.55. The van der Waals surface area contributed by atoms with Crippen molar-refractivity contribution in [1.82, 2.24) is 15.4 Å². The van der Waals surface area contributed by atoms with Gasteiger partial charge in [-0.05, 0) is 5.21 Å². The highest BCUT2D eigenvalue weighted by atomic mass is 16.4. The van der Waals surface area contributed by atoms with Crippen LogP contribution in [0, 0.1) is 0 Å². The molecule has 8 nitrogen and oxygen atoms in total. The number of nitrogen functional groups attached to an aromatic ring is 1. The summed E-state index contributed by atoms with van der Waals surface area (Å²) in [6.45, 7) is 0. The number of hydrogen-bond donors (Lipinski definition) is 3. The lowest BCUT2D eigenvalue weighted by Gasteiger charge is -1.80. The van der Waals surface area contributed by atoms with E-state index in [-0.39, 0.29) is 0 Å². The Balaban J connectivity index is 0.000000262. The molecule has 4 N–H and O–H groups in total. The van der Waals surface area contributed by atoms with Crippen LogP contribution in [0.2, 0.25) is 0 Å². The molecule has 1 heterocycles. The van der Waals surface area contributed by atoms with Crippen molar-refractivity contribution in [2.75, 3.05) is 5.73 Å². The molecule has 0 bridgehead atoms. The third kappa shape index (κ3) is 9.40. The van der Waals surface area contributed by atoms with Gasteiger partial charge in [0.05, 0.1) is 18.1 Å². The number of hydrogen-bond acceptors (Lipinski definition) is 6. The highest BCUT2D eigenvalue weighted by Crippen LogP contribution is 1.86. The van der Waals surface area contributed by atoms with Crippen molar-refractivity contribution in [1.29, 1.82) is 0 Å². The zero-order valence-corrected chi connectivity index (χ0v) is 7.44. The van der Waals surface area contributed by atoms with Crippen LogP contribution in [0.3, 0.4) is 0 Å². The number of aliphatic carboxylic acids is 2. The largest absolute Gasteiger partial charge is 0.478 e. The molecule has 0 aliphatic rings. The fraction of sp³-hybridized carbons (Fsp3) is 0. The first-order valence-electron chi connectivity index (χ1n) is 3.55. The van der Waals surface area contributed by atoms with Gasteiger partial charge < -0.3 is 15.9 Å². The minimum absolute atomic E-state index is 0.537. The van der Waals surface area contributed by atoms with E-state index in [1.807, 2.05) is 0 Å². The number of anilines is 1. The van der Waals surface area contributed by atoms with E-state index in [9.17, 15) is 9.59 Å². The van der Waals surface area contributed by atoms with Crippen LogP contribution in [0.5, 0.6) is 0 Å². The molecule has 80 valence electrons. The average Bonchev–Trinajstić information content (AvgIpc) is 2.17. The van der Waals surface area contributed by atoms with Gasteiger partial charge in [0, 0.05) is 12.2 Å². The van der Waals surface area contributed by atoms with Crippen molar-refractivity contribution >= 4 is 17.6 Å². The molecular weight excluding hydrogens is 204 g/mol. The summed E-state index contributed by atoms with van der Waals surface area (Å²) in [6.07, 6.45) is 3.99. The Morgan fingerprint density at radius 1 is 1.13 bits per heavy atom. The maximum Gasteiger partial charge on any atom is 0.328 e. The third-order valence-corrected chi connectivity index (χ3v) is 0.885. The molecule has 8 heteroatoms. The van der Waals surface area contributed by atoms with E-state index in [0.717, 1.165) is 0 Å². The number of aromatic nitrogens is 3. The van der Waals surface area contributed by atoms with Crippen LogP contribution in [0.15, 0.2) is 24.5 Å². The van der Waals surface area contributed by atoms with Gasteiger partial charge in [-0.15, -0.1) is 10.2 Å². The lowest BCUT2D eigenvalue weighted by Crippen LogP contribution is -1.91. The molecular formula is C7H8N4O4. The van der Waals surface area contributed by atoms with E-state index in [4.69, 9.17) is 15.9 Å². The number of nitrogens with zero attached hydrogens (tertiary/aromatic N) is 3. The van der Waals surface area contributed by atoms with Gasteiger partial charge >= 0.3 is 11.9 Å². The van der Waals surface area contributed by atoms with Crippen LogP contribution < -0.4 is 5.73 Å². The van der Waals surface area contributed by atoms with E-state index in [1.54, 1.807) is 0 Å². The van der Waals surface area contributed by atoms with Crippen molar-refractivity contribution in [3.05, 3.63) is 24.5 Å². The monoisotopic (exact) mass is 212 g/mol. The summed E-state index contributed by atoms with van der Waals surface area (Å²) in [5, 5.41) is 25.7. The SMILES string of the molecule is Nc1cnnnc1.O=C(O)/C=C\C(=O)O. The zero-order valence-electron chi connectivity index (χ0n) is 7.44. The second kappa shape index (κ2) is 6.95. The molecule has 1 aromatic heterocycles. The summed E-state index contributed by atoms with van der Waals surface area (Å²) in [7, 11) is 0. The van der Waals surface area contributed by atoms with Crippen molar-refractivity contribution in [3.63, 3.8) is 0 Å². The number of rotatable bonds is 2. The molecule has 0 aliphatic carbocycles. The summed E-state index contributed by atoms with van der Waals surface area (Å²) in [5.41, 5.74) is 5.73. The Morgan fingerprint density at radius 2 is 1.53 bits per heavy atom. The minimum atomic E-state index is -1.26. The highest BCUT2D eigenvalue weighted by molar-refractivity contribution is 5.89. The Morgan fingerprint density at radius 3 is 1.73 bits per heavy atom. The van der Waals surface area contributed by atoms with Crippen LogP contribution in [-0.4, -0.2) is 37.6 Å². The Hall–Kier alpha value is -2.51. The van der Waals surface area contributed by atoms with E-state index in [1.165, 1.54) is 12.4 Å². The molecule has 0 spiro atoms. The molecule has 0 saturated heterocycles. The van der Waals surface area contributed by atoms with Crippen LogP contribution >= 0.6 is 0 Å². The van der Waals surface area contributed by atoms with E-state index >= 15 is 0 Å². The molecule has 0 fully saturated rings.